The maximum atomic E-state index is 12.4. The van der Waals surface area contributed by atoms with Gasteiger partial charge in [-0.25, -0.2) is 0 Å². The van der Waals surface area contributed by atoms with Crippen LogP contribution in [-0.2, 0) is 33.6 Å². The van der Waals surface area contributed by atoms with Gasteiger partial charge in [0.2, 0.25) is 5.91 Å². The van der Waals surface area contributed by atoms with Crippen molar-refractivity contribution in [1.29, 1.82) is 0 Å². The molecule has 0 unspecified atom stereocenters. The van der Waals surface area contributed by atoms with Gasteiger partial charge in [0.25, 0.3) is 0 Å². The topological polar surface area (TPSA) is 54.5 Å². The predicted octanol–water partition coefficient (Wildman–Crippen LogP) is 1.72. The number of carbonyl (C=O) groups excluding carboxylic acids is 3. The van der Waals surface area contributed by atoms with Crippen molar-refractivity contribution in [3.05, 3.63) is 34.9 Å². The fourth-order valence-electron chi connectivity index (χ4n) is 3.48. The van der Waals surface area contributed by atoms with Crippen molar-refractivity contribution in [3.8, 4) is 0 Å². The molecule has 1 aliphatic carbocycles. The standard InChI is InChI=1S/C18H21NO3/c1-12(20)19-6-4-14(5-7-19)18(22)9-13-2-3-15-10-17(21)11-16(15)8-13/h2-3,8,14H,4-7,9-11H2,1H3. The largest absolute Gasteiger partial charge is 0.343 e. The highest BCUT2D eigenvalue weighted by Crippen LogP contribution is 2.23. The molecule has 22 heavy (non-hydrogen) atoms. The first kappa shape index (κ1) is 14.9. The van der Waals surface area contributed by atoms with Crippen LogP contribution in [0, 0.1) is 5.92 Å². The average molecular weight is 299 g/mol. The summed E-state index contributed by atoms with van der Waals surface area (Å²) >= 11 is 0. The molecule has 1 aliphatic heterocycles. The summed E-state index contributed by atoms with van der Waals surface area (Å²) < 4.78 is 0. The predicted molar refractivity (Wildman–Crippen MR) is 82.5 cm³/mol. The molecule has 0 saturated carbocycles. The van der Waals surface area contributed by atoms with Crippen molar-refractivity contribution in [1.82, 2.24) is 4.90 Å². The Labute approximate surface area is 130 Å². The lowest BCUT2D eigenvalue weighted by Gasteiger charge is -2.30. The highest BCUT2D eigenvalue weighted by atomic mass is 16.2. The molecular formula is C18H21NO3. The Balaban J connectivity index is 1.60. The molecular weight excluding hydrogens is 278 g/mol. The lowest BCUT2D eigenvalue weighted by atomic mass is 9.89. The second-order valence-corrected chi connectivity index (χ2v) is 6.42. The van der Waals surface area contributed by atoms with E-state index in [1.165, 1.54) is 0 Å². The maximum absolute atomic E-state index is 12.4. The summed E-state index contributed by atoms with van der Waals surface area (Å²) in [6, 6.07) is 5.98. The highest BCUT2D eigenvalue weighted by Gasteiger charge is 2.26. The Kier molecular flexibility index (Phi) is 4.10. The molecule has 4 nitrogen and oxygen atoms in total. The van der Waals surface area contributed by atoms with Crippen LogP contribution < -0.4 is 0 Å². The molecule has 4 heteroatoms. The summed E-state index contributed by atoms with van der Waals surface area (Å²) in [5.74, 6) is 0.669. The van der Waals surface area contributed by atoms with Crippen LogP contribution in [0.5, 0.6) is 0 Å². The van der Waals surface area contributed by atoms with Gasteiger partial charge in [-0.3, -0.25) is 14.4 Å². The number of ketones is 2. The monoisotopic (exact) mass is 299 g/mol. The second-order valence-electron chi connectivity index (χ2n) is 6.42. The zero-order valence-electron chi connectivity index (χ0n) is 12.9. The van der Waals surface area contributed by atoms with Crippen molar-refractivity contribution >= 4 is 17.5 Å². The minimum atomic E-state index is 0.0606. The number of Topliss-reactive ketones (excluding diaryl/α,β-unsaturated/α-hetero) is 2. The van der Waals surface area contributed by atoms with Crippen LogP contribution in [0.3, 0.4) is 0 Å². The van der Waals surface area contributed by atoms with E-state index in [-0.39, 0.29) is 23.4 Å². The molecule has 0 spiro atoms. The lowest BCUT2D eigenvalue weighted by molar-refractivity contribution is -0.133. The molecule has 0 bridgehead atoms. The Morgan fingerprint density at radius 2 is 1.82 bits per heavy atom. The van der Waals surface area contributed by atoms with Gasteiger partial charge in [-0.2, -0.15) is 0 Å². The van der Waals surface area contributed by atoms with Gasteiger partial charge in [-0.1, -0.05) is 18.2 Å². The Hall–Kier alpha value is -1.97. The summed E-state index contributed by atoms with van der Waals surface area (Å²) in [5.41, 5.74) is 3.20. The highest BCUT2D eigenvalue weighted by molar-refractivity contribution is 5.88. The van der Waals surface area contributed by atoms with Crippen LogP contribution in [0.1, 0.15) is 36.5 Å². The van der Waals surface area contributed by atoms with E-state index < -0.39 is 0 Å². The van der Waals surface area contributed by atoms with Crippen LogP contribution >= 0.6 is 0 Å². The molecule has 1 saturated heterocycles. The third-order valence-corrected chi connectivity index (χ3v) is 4.82. The van der Waals surface area contributed by atoms with Crippen molar-refractivity contribution < 1.29 is 14.4 Å². The number of amides is 1. The fraction of sp³-hybridized carbons (Fsp3) is 0.500. The minimum absolute atomic E-state index is 0.0606. The van der Waals surface area contributed by atoms with Crippen LogP contribution in [-0.4, -0.2) is 35.5 Å². The number of hydrogen-bond donors (Lipinski definition) is 0. The summed E-state index contributed by atoms with van der Waals surface area (Å²) in [5, 5.41) is 0. The number of likely N-dealkylation sites (tertiary alicyclic amines) is 1. The molecule has 2 aliphatic rings. The molecule has 1 heterocycles. The van der Waals surface area contributed by atoms with Gasteiger partial charge >= 0.3 is 0 Å². The second kappa shape index (κ2) is 6.03. The maximum Gasteiger partial charge on any atom is 0.219 e. The molecule has 0 aromatic heterocycles. The number of fused-ring (bicyclic) bond motifs is 1. The first-order chi connectivity index (χ1) is 10.5. The Bertz CT molecular complexity index is 627. The SMILES string of the molecule is CC(=O)N1CCC(C(=O)Cc2ccc3c(c2)CC(=O)C3)CC1. The van der Waals surface area contributed by atoms with Gasteiger partial charge in [0.15, 0.2) is 0 Å². The third-order valence-electron chi connectivity index (χ3n) is 4.82. The third kappa shape index (κ3) is 3.11. The fourth-order valence-corrected chi connectivity index (χ4v) is 3.48. The number of rotatable bonds is 3. The first-order valence-corrected chi connectivity index (χ1v) is 7.93. The van der Waals surface area contributed by atoms with E-state index in [0.717, 1.165) is 29.5 Å². The summed E-state index contributed by atoms with van der Waals surface area (Å²) in [7, 11) is 0. The Morgan fingerprint density at radius 3 is 2.50 bits per heavy atom. The van der Waals surface area contributed by atoms with Crippen molar-refractivity contribution in [2.45, 2.75) is 39.0 Å². The number of carbonyl (C=O) groups is 3. The quantitative estimate of drug-likeness (QED) is 0.854. The summed E-state index contributed by atoms with van der Waals surface area (Å²) in [6.45, 7) is 2.95. The van der Waals surface area contributed by atoms with Gasteiger partial charge in [0.1, 0.15) is 11.6 Å². The molecule has 1 amide bonds. The average Bonchev–Trinajstić information content (AvgIpc) is 2.86. The van der Waals surface area contributed by atoms with E-state index in [1.54, 1.807) is 6.92 Å². The minimum Gasteiger partial charge on any atom is -0.343 e. The molecule has 1 fully saturated rings. The molecule has 116 valence electrons. The zero-order valence-corrected chi connectivity index (χ0v) is 12.9. The van der Waals surface area contributed by atoms with Crippen molar-refractivity contribution in [2.75, 3.05) is 13.1 Å². The van der Waals surface area contributed by atoms with E-state index in [0.29, 0.717) is 32.4 Å². The van der Waals surface area contributed by atoms with Gasteiger partial charge in [0.05, 0.1) is 0 Å². The first-order valence-electron chi connectivity index (χ1n) is 7.93. The van der Waals surface area contributed by atoms with Crippen LogP contribution in [0.15, 0.2) is 18.2 Å². The zero-order chi connectivity index (χ0) is 15.7. The molecule has 1 aromatic rings. The summed E-state index contributed by atoms with van der Waals surface area (Å²) in [6.07, 6.45) is 3.01. The normalized spacial score (nSPS) is 18.4. The smallest absolute Gasteiger partial charge is 0.219 e. The van der Waals surface area contributed by atoms with E-state index in [1.807, 2.05) is 23.1 Å². The van der Waals surface area contributed by atoms with E-state index in [2.05, 4.69) is 0 Å². The van der Waals surface area contributed by atoms with E-state index >= 15 is 0 Å². The lowest BCUT2D eigenvalue weighted by Crippen LogP contribution is -2.39. The van der Waals surface area contributed by atoms with Crippen molar-refractivity contribution in [2.24, 2.45) is 5.92 Å². The van der Waals surface area contributed by atoms with Gasteiger partial charge in [0, 0.05) is 45.2 Å². The Morgan fingerprint density at radius 1 is 1.14 bits per heavy atom. The van der Waals surface area contributed by atoms with E-state index in [9.17, 15) is 14.4 Å². The van der Waals surface area contributed by atoms with Crippen LogP contribution in [0.2, 0.25) is 0 Å². The van der Waals surface area contributed by atoms with Gasteiger partial charge in [-0.05, 0) is 29.5 Å². The summed E-state index contributed by atoms with van der Waals surface area (Å²) in [4.78, 5) is 37.0. The van der Waals surface area contributed by atoms with Crippen LogP contribution in [0.4, 0.5) is 0 Å². The molecule has 0 radical (unpaired) electrons. The molecule has 3 rings (SSSR count). The molecule has 0 N–H and O–H groups in total. The van der Waals surface area contributed by atoms with Crippen molar-refractivity contribution in [3.63, 3.8) is 0 Å². The van der Waals surface area contributed by atoms with Crippen LogP contribution in [0.25, 0.3) is 0 Å². The number of piperidine rings is 1. The molecule has 1 aromatic carbocycles. The van der Waals surface area contributed by atoms with Gasteiger partial charge < -0.3 is 4.90 Å². The number of nitrogens with zero attached hydrogens (tertiary/aromatic N) is 1. The van der Waals surface area contributed by atoms with Gasteiger partial charge in [-0.15, -0.1) is 0 Å². The number of benzene rings is 1. The van der Waals surface area contributed by atoms with E-state index in [4.69, 9.17) is 0 Å². The molecule has 0 atom stereocenters. The number of hydrogen-bond acceptors (Lipinski definition) is 3.